The number of esters is 1. The molecule has 30 heavy (non-hydrogen) atoms. The topological polar surface area (TPSA) is 84.9 Å². The summed E-state index contributed by atoms with van der Waals surface area (Å²) < 4.78 is 10.6. The molecule has 0 radical (unpaired) electrons. The molecule has 2 aromatic rings. The number of hydrogen-bond acceptors (Lipinski definition) is 5. The van der Waals surface area contributed by atoms with Gasteiger partial charge in [0.1, 0.15) is 11.8 Å². The summed E-state index contributed by atoms with van der Waals surface area (Å²) >= 11 is 0. The molecule has 0 saturated heterocycles. The molecule has 0 heterocycles. The Labute approximate surface area is 177 Å². The van der Waals surface area contributed by atoms with Gasteiger partial charge in [0.15, 0.2) is 6.61 Å². The van der Waals surface area contributed by atoms with E-state index in [4.69, 9.17) is 9.47 Å². The highest BCUT2D eigenvalue weighted by Gasteiger charge is 2.27. The van der Waals surface area contributed by atoms with Crippen LogP contribution >= 0.6 is 0 Å². The highest BCUT2D eigenvalue weighted by Crippen LogP contribution is 2.14. The number of likely N-dealkylation sites (N-methyl/N-ethyl adjacent to an activating group) is 1. The molecular weight excluding hydrogens is 384 g/mol. The first-order valence-electron chi connectivity index (χ1n) is 9.85. The van der Waals surface area contributed by atoms with Crippen LogP contribution in [0.1, 0.15) is 31.1 Å². The first-order valence-corrected chi connectivity index (χ1v) is 9.85. The van der Waals surface area contributed by atoms with Gasteiger partial charge in [0.2, 0.25) is 0 Å². The maximum atomic E-state index is 12.5. The summed E-state index contributed by atoms with van der Waals surface area (Å²) in [6.07, 6.45) is 0. The molecule has 2 rings (SSSR count). The number of rotatable bonds is 9. The summed E-state index contributed by atoms with van der Waals surface area (Å²) in [7, 11) is 1.61. The van der Waals surface area contributed by atoms with E-state index in [2.05, 4.69) is 5.32 Å². The monoisotopic (exact) mass is 412 g/mol. The SMILES string of the molecule is CCOc1ccc(C(=O)N[C@H](C(=O)OCC(=O)N(C)c2ccccc2)C(C)C)cc1. The third-order valence-electron chi connectivity index (χ3n) is 4.49. The van der Waals surface area contributed by atoms with Gasteiger partial charge in [-0.2, -0.15) is 0 Å². The average molecular weight is 412 g/mol. The largest absolute Gasteiger partial charge is 0.494 e. The minimum atomic E-state index is -0.876. The van der Waals surface area contributed by atoms with Crippen molar-refractivity contribution in [2.24, 2.45) is 5.92 Å². The second kappa shape index (κ2) is 11.0. The van der Waals surface area contributed by atoms with Gasteiger partial charge in [0.25, 0.3) is 11.8 Å². The molecule has 0 aliphatic carbocycles. The van der Waals surface area contributed by atoms with E-state index in [1.165, 1.54) is 4.90 Å². The van der Waals surface area contributed by atoms with Crippen molar-refractivity contribution in [2.45, 2.75) is 26.8 Å². The standard InChI is InChI=1S/C23H28N2O5/c1-5-29-19-13-11-17(12-14-19)22(27)24-21(16(2)3)23(28)30-15-20(26)25(4)18-9-7-6-8-10-18/h6-14,16,21H,5,15H2,1-4H3,(H,24,27)/t21-/m0/s1. The highest BCUT2D eigenvalue weighted by atomic mass is 16.5. The van der Waals surface area contributed by atoms with E-state index < -0.39 is 24.5 Å². The first-order chi connectivity index (χ1) is 14.3. The Morgan fingerprint density at radius 3 is 2.20 bits per heavy atom. The Kier molecular flexibility index (Phi) is 8.41. The summed E-state index contributed by atoms with van der Waals surface area (Å²) in [5, 5.41) is 2.69. The van der Waals surface area contributed by atoms with Crippen LogP contribution in [0.5, 0.6) is 5.75 Å². The molecular formula is C23H28N2O5. The van der Waals surface area contributed by atoms with Crippen molar-refractivity contribution in [3.63, 3.8) is 0 Å². The van der Waals surface area contributed by atoms with Crippen LogP contribution in [0.15, 0.2) is 54.6 Å². The van der Waals surface area contributed by atoms with Gasteiger partial charge >= 0.3 is 5.97 Å². The van der Waals surface area contributed by atoms with Gasteiger partial charge < -0.3 is 19.7 Å². The zero-order valence-corrected chi connectivity index (χ0v) is 17.8. The van der Waals surface area contributed by atoms with Crippen LogP contribution in [0.3, 0.4) is 0 Å². The maximum absolute atomic E-state index is 12.5. The number of carbonyl (C=O) groups excluding carboxylic acids is 3. The fraction of sp³-hybridized carbons (Fsp3) is 0.348. The van der Waals surface area contributed by atoms with Crippen molar-refractivity contribution >= 4 is 23.5 Å². The Balaban J connectivity index is 1.95. The van der Waals surface area contributed by atoms with Gasteiger partial charge in [0.05, 0.1) is 6.61 Å². The summed E-state index contributed by atoms with van der Waals surface area (Å²) in [6.45, 7) is 5.59. The van der Waals surface area contributed by atoms with Crippen LogP contribution in [0.2, 0.25) is 0 Å². The predicted molar refractivity (Wildman–Crippen MR) is 115 cm³/mol. The molecule has 0 saturated carbocycles. The molecule has 0 spiro atoms. The van der Waals surface area contributed by atoms with Crippen LogP contribution < -0.4 is 15.0 Å². The number of hydrogen-bond donors (Lipinski definition) is 1. The van der Waals surface area contributed by atoms with E-state index in [-0.39, 0.29) is 11.8 Å². The van der Waals surface area contributed by atoms with Crippen LogP contribution in [0.4, 0.5) is 5.69 Å². The van der Waals surface area contributed by atoms with E-state index in [1.54, 1.807) is 57.3 Å². The van der Waals surface area contributed by atoms with Crippen molar-refractivity contribution in [1.82, 2.24) is 5.32 Å². The number of ether oxygens (including phenoxy) is 2. The van der Waals surface area contributed by atoms with Gasteiger partial charge in [-0.05, 0) is 49.2 Å². The highest BCUT2D eigenvalue weighted by molar-refractivity contribution is 5.98. The third-order valence-corrected chi connectivity index (χ3v) is 4.49. The normalized spacial score (nSPS) is 11.5. The van der Waals surface area contributed by atoms with Gasteiger partial charge in [0, 0.05) is 18.3 Å². The molecule has 0 aromatic heterocycles. The minimum Gasteiger partial charge on any atom is -0.494 e. The second-order valence-electron chi connectivity index (χ2n) is 7.05. The molecule has 0 unspecified atom stereocenters. The average Bonchev–Trinajstić information content (AvgIpc) is 2.76. The van der Waals surface area contributed by atoms with Crippen LogP contribution in [-0.4, -0.2) is 44.1 Å². The van der Waals surface area contributed by atoms with Gasteiger partial charge in [-0.25, -0.2) is 4.79 Å². The molecule has 1 atom stereocenters. The minimum absolute atomic E-state index is 0.217. The molecule has 2 aromatic carbocycles. The van der Waals surface area contributed by atoms with Gasteiger partial charge in [-0.1, -0.05) is 32.0 Å². The first kappa shape index (κ1) is 22.9. The summed E-state index contributed by atoms with van der Waals surface area (Å²) in [5.74, 6) is -0.976. The number of carbonyl (C=O) groups is 3. The molecule has 160 valence electrons. The molecule has 7 nitrogen and oxygen atoms in total. The van der Waals surface area contributed by atoms with Crippen molar-refractivity contribution < 1.29 is 23.9 Å². The lowest BCUT2D eigenvalue weighted by Gasteiger charge is -2.22. The number of nitrogens with zero attached hydrogens (tertiary/aromatic N) is 1. The Morgan fingerprint density at radius 1 is 1.00 bits per heavy atom. The van der Waals surface area contributed by atoms with Gasteiger partial charge in [-0.3, -0.25) is 9.59 Å². The molecule has 0 fully saturated rings. The lowest BCUT2D eigenvalue weighted by Crippen LogP contribution is -2.46. The number of para-hydroxylation sites is 1. The predicted octanol–water partition coefficient (Wildman–Crippen LogP) is 3.05. The summed E-state index contributed by atoms with van der Waals surface area (Å²) in [5.41, 5.74) is 1.10. The smallest absolute Gasteiger partial charge is 0.329 e. The van der Waals surface area contributed by atoms with Crippen LogP contribution in [0.25, 0.3) is 0 Å². The molecule has 1 N–H and O–H groups in total. The van der Waals surface area contributed by atoms with Gasteiger partial charge in [-0.15, -0.1) is 0 Å². The Bertz CT molecular complexity index is 850. The van der Waals surface area contributed by atoms with Crippen LogP contribution in [0, 0.1) is 5.92 Å². The quantitative estimate of drug-likeness (QED) is 0.640. The zero-order valence-electron chi connectivity index (χ0n) is 17.8. The number of benzene rings is 2. The number of amides is 2. The summed E-state index contributed by atoms with van der Waals surface area (Å²) in [4.78, 5) is 38.8. The molecule has 7 heteroatoms. The van der Waals surface area contributed by atoms with Crippen molar-refractivity contribution in [1.29, 1.82) is 0 Å². The zero-order chi connectivity index (χ0) is 22.1. The van der Waals surface area contributed by atoms with E-state index in [0.29, 0.717) is 23.6 Å². The second-order valence-corrected chi connectivity index (χ2v) is 7.05. The summed E-state index contributed by atoms with van der Waals surface area (Å²) in [6, 6.07) is 14.8. The fourth-order valence-electron chi connectivity index (χ4n) is 2.71. The fourth-order valence-corrected chi connectivity index (χ4v) is 2.71. The van der Waals surface area contributed by atoms with E-state index >= 15 is 0 Å². The van der Waals surface area contributed by atoms with E-state index in [9.17, 15) is 14.4 Å². The van der Waals surface area contributed by atoms with Crippen LogP contribution in [-0.2, 0) is 14.3 Å². The molecule has 0 aliphatic rings. The number of anilines is 1. The molecule has 0 bridgehead atoms. The van der Waals surface area contributed by atoms with Crippen molar-refractivity contribution in [3.05, 3.63) is 60.2 Å². The third kappa shape index (κ3) is 6.34. The molecule has 2 amide bonds. The van der Waals surface area contributed by atoms with Crippen molar-refractivity contribution in [2.75, 3.05) is 25.2 Å². The van der Waals surface area contributed by atoms with E-state index in [0.717, 1.165) is 0 Å². The number of nitrogens with one attached hydrogen (secondary N) is 1. The lowest BCUT2D eigenvalue weighted by molar-refractivity contribution is -0.150. The maximum Gasteiger partial charge on any atom is 0.329 e. The lowest BCUT2D eigenvalue weighted by atomic mass is 10.0. The Hall–Kier alpha value is -3.35. The Morgan fingerprint density at radius 2 is 1.63 bits per heavy atom. The van der Waals surface area contributed by atoms with Crippen molar-refractivity contribution in [3.8, 4) is 5.75 Å². The molecule has 0 aliphatic heterocycles. The van der Waals surface area contributed by atoms with E-state index in [1.807, 2.05) is 25.1 Å².